The van der Waals surface area contributed by atoms with Gasteiger partial charge in [0.2, 0.25) is 0 Å². The van der Waals surface area contributed by atoms with Crippen LogP contribution in [0.1, 0.15) is 11.3 Å². The van der Waals surface area contributed by atoms with Crippen molar-refractivity contribution in [3.8, 4) is 0 Å². The van der Waals surface area contributed by atoms with E-state index in [1.807, 2.05) is 0 Å². The Balaban J connectivity index is 2.53. The molecule has 0 spiro atoms. The fourth-order valence-electron chi connectivity index (χ4n) is 1.97. The molecule has 1 aliphatic heterocycles. The van der Waals surface area contributed by atoms with E-state index in [4.69, 9.17) is 16.2 Å². The van der Waals surface area contributed by atoms with Crippen molar-refractivity contribution in [2.45, 2.75) is 13.2 Å². The first-order chi connectivity index (χ1) is 7.68. The zero-order valence-electron chi connectivity index (χ0n) is 8.41. The van der Waals surface area contributed by atoms with E-state index in [2.05, 4.69) is 9.97 Å². The van der Waals surface area contributed by atoms with Crippen LogP contribution in [0.4, 0.5) is 11.4 Å². The highest BCUT2D eigenvalue weighted by Crippen LogP contribution is 2.30. The molecular weight excluding hydrogens is 208 g/mol. The van der Waals surface area contributed by atoms with E-state index in [0.717, 1.165) is 16.6 Å². The molecule has 16 heavy (non-hydrogen) atoms. The number of nitrogen functional groups attached to an aromatic ring is 2. The van der Waals surface area contributed by atoms with Crippen LogP contribution in [0, 0.1) is 0 Å². The van der Waals surface area contributed by atoms with Gasteiger partial charge < -0.3 is 21.2 Å². The monoisotopic (exact) mass is 218 g/mol. The van der Waals surface area contributed by atoms with Crippen LogP contribution in [0.15, 0.2) is 11.0 Å². The van der Waals surface area contributed by atoms with Crippen molar-refractivity contribution in [3.63, 3.8) is 0 Å². The number of nitrogens with one attached hydrogen (secondary N) is 1. The van der Waals surface area contributed by atoms with Gasteiger partial charge in [-0.05, 0) is 0 Å². The van der Waals surface area contributed by atoms with Crippen LogP contribution in [-0.2, 0) is 18.0 Å². The molecule has 0 aliphatic carbocycles. The van der Waals surface area contributed by atoms with Gasteiger partial charge >= 0.3 is 0 Å². The van der Waals surface area contributed by atoms with E-state index in [9.17, 15) is 4.79 Å². The summed E-state index contributed by atoms with van der Waals surface area (Å²) in [7, 11) is 0. The summed E-state index contributed by atoms with van der Waals surface area (Å²) >= 11 is 0. The molecule has 0 saturated carbocycles. The lowest BCUT2D eigenvalue weighted by Gasteiger charge is -2.07. The Morgan fingerprint density at radius 1 is 1.31 bits per heavy atom. The zero-order valence-corrected chi connectivity index (χ0v) is 8.41. The molecule has 82 valence electrons. The lowest BCUT2D eigenvalue weighted by atomic mass is 10.1. The van der Waals surface area contributed by atoms with Crippen LogP contribution in [-0.4, -0.2) is 9.97 Å². The first kappa shape index (κ1) is 9.17. The van der Waals surface area contributed by atoms with Gasteiger partial charge in [0.15, 0.2) is 0 Å². The fraction of sp³-hybridized carbons (Fsp3) is 0.200. The molecule has 5 N–H and O–H groups in total. The number of H-pyrrole nitrogens is 1. The number of aromatic nitrogens is 2. The SMILES string of the molecule is Nc1c(N)c2c3c(ncc2[nH]c1=O)COC3. The molecule has 0 unspecified atom stereocenters. The lowest BCUT2D eigenvalue weighted by molar-refractivity contribution is 0.133. The van der Waals surface area contributed by atoms with Crippen molar-refractivity contribution in [1.82, 2.24) is 9.97 Å². The van der Waals surface area contributed by atoms with E-state index in [-0.39, 0.29) is 11.2 Å². The number of aromatic amines is 1. The number of hydrogen-bond donors (Lipinski definition) is 3. The lowest BCUT2D eigenvalue weighted by Crippen LogP contribution is -2.15. The molecule has 3 rings (SSSR count). The fourth-order valence-corrected chi connectivity index (χ4v) is 1.97. The van der Waals surface area contributed by atoms with Gasteiger partial charge in [0.25, 0.3) is 5.56 Å². The summed E-state index contributed by atoms with van der Waals surface area (Å²) in [4.78, 5) is 18.3. The van der Waals surface area contributed by atoms with Gasteiger partial charge in [-0.1, -0.05) is 0 Å². The van der Waals surface area contributed by atoms with Gasteiger partial charge in [0.05, 0.1) is 36.3 Å². The van der Waals surface area contributed by atoms with Crippen LogP contribution < -0.4 is 17.0 Å². The number of nitrogens with zero attached hydrogens (tertiary/aromatic N) is 1. The number of fused-ring (bicyclic) bond motifs is 3. The van der Waals surface area contributed by atoms with E-state index >= 15 is 0 Å². The summed E-state index contributed by atoms with van der Waals surface area (Å²) in [5.74, 6) is 0. The van der Waals surface area contributed by atoms with Gasteiger partial charge in [-0.15, -0.1) is 0 Å². The molecule has 0 saturated heterocycles. The van der Waals surface area contributed by atoms with Gasteiger partial charge in [0.1, 0.15) is 5.69 Å². The molecule has 0 radical (unpaired) electrons. The molecule has 1 aliphatic rings. The third-order valence-electron chi connectivity index (χ3n) is 2.81. The summed E-state index contributed by atoms with van der Waals surface area (Å²) in [6, 6.07) is 0. The van der Waals surface area contributed by atoms with Gasteiger partial charge in [-0.3, -0.25) is 9.78 Å². The minimum absolute atomic E-state index is 0.0489. The molecule has 6 heteroatoms. The van der Waals surface area contributed by atoms with Crippen LogP contribution in [0.25, 0.3) is 10.9 Å². The quantitative estimate of drug-likeness (QED) is 0.582. The minimum Gasteiger partial charge on any atom is -0.396 e. The second-order valence-corrected chi connectivity index (χ2v) is 3.75. The number of rotatable bonds is 0. The second-order valence-electron chi connectivity index (χ2n) is 3.75. The maximum absolute atomic E-state index is 11.4. The van der Waals surface area contributed by atoms with E-state index in [1.165, 1.54) is 0 Å². The van der Waals surface area contributed by atoms with Crippen LogP contribution in [0.5, 0.6) is 0 Å². The molecule has 0 bridgehead atoms. The molecule has 6 nitrogen and oxygen atoms in total. The summed E-state index contributed by atoms with van der Waals surface area (Å²) in [6.07, 6.45) is 1.58. The van der Waals surface area contributed by atoms with Crippen molar-refractivity contribution in [1.29, 1.82) is 0 Å². The summed E-state index contributed by atoms with van der Waals surface area (Å²) in [5, 5.41) is 0.750. The Bertz CT molecular complexity index is 647. The standard InChI is InChI=1S/C10H10N4O2/c11-8-7-4-2-16-3-6(4)13-1-5(7)14-10(15)9(8)12/h1H,2-3,12H2,(H3,11,14,15). The average Bonchev–Trinajstić information content (AvgIpc) is 2.73. The van der Waals surface area contributed by atoms with E-state index < -0.39 is 0 Å². The first-order valence-corrected chi connectivity index (χ1v) is 4.84. The maximum Gasteiger partial charge on any atom is 0.273 e. The molecule has 0 aromatic carbocycles. The third kappa shape index (κ3) is 1.04. The smallest absolute Gasteiger partial charge is 0.273 e. The number of anilines is 2. The Morgan fingerprint density at radius 2 is 2.12 bits per heavy atom. The average molecular weight is 218 g/mol. The van der Waals surface area contributed by atoms with Crippen molar-refractivity contribution in [3.05, 3.63) is 27.8 Å². The summed E-state index contributed by atoms with van der Waals surface area (Å²) in [6.45, 7) is 0.930. The molecule has 0 atom stereocenters. The van der Waals surface area contributed by atoms with E-state index in [0.29, 0.717) is 24.4 Å². The van der Waals surface area contributed by atoms with E-state index in [1.54, 1.807) is 6.20 Å². The number of pyridine rings is 2. The first-order valence-electron chi connectivity index (χ1n) is 4.84. The summed E-state index contributed by atoms with van der Waals surface area (Å²) < 4.78 is 5.30. The van der Waals surface area contributed by atoms with Crippen molar-refractivity contribution < 1.29 is 4.74 Å². The maximum atomic E-state index is 11.4. The van der Waals surface area contributed by atoms with Gasteiger partial charge in [0, 0.05) is 10.9 Å². The minimum atomic E-state index is -0.384. The van der Waals surface area contributed by atoms with Gasteiger partial charge in [-0.2, -0.15) is 0 Å². The van der Waals surface area contributed by atoms with Crippen LogP contribution in [0.3, 0.4) is 0 Å². The molecule has 2 aromatic rings. The van der Waals surface area contributed by atoms with Gasteiger partial charge in [-0.25, -0.2) is 0 Å². The third-order valence-corrected chi connectivity index (χ3v) is 2.81. The van der Waals surface area contributed by atoms with Crippen LogP contribution in [0.2, 0.25) is 0 Å². The highest BCUT2D eigenvalue weighted by atomic mass is 16.5. The highest BCUT2D eigenvalue weighted by molar-refractivity contribution is 5.98. The predicted molar refractivity (Wildman–Crippen MR) is 59.7 cm³/mol. The molecular formula is C10H10N4O2. The Labute approximate surface area is 90.2 Å². The molecule has 0 fully saturated rings. The van der Waals surface area contributed by atoms with Crippen LogP contribution >= 0.6 is 0 Å². The number of ether oxygens (including phenoxy) is 1. The summed E-state index contributed by atoms with van der Waals surface area (Å²) in [5.41, 5.74) is 13.8. The zero-order chi connectivity index (χ0) is 11.3. The normalized spacial score (nSPS) is 14.2. The van der Waals surface area contributed by atoms with Crippen molar-refractivity contribution in [2.75, 3.05) is 11.5 Å². The molecule has 2 aromatic heterocycles. The predicted octanol–water partition coefficient (Wildman–Crippen LogP) is 0.118. The van der Waals surface area contributed by atoms with Crippen molar-refractivity contribution in [2.24, 2.45) is 0 Å². The Kier molecular flexibility index (Phi) is 1.69. The highest BCUT2D eigenvalue weighted by Gasteiger charge is 2.19. The topological polar surface area (TPSA) is 107 Å². The van der Waals surface area contributed by atoms with Crippen molar-refractivity contribution >= 4 is 22.3 Å². The Hall–Kier alpha value is -2.08. The number of hydrogen-bond acceptors (Lipinski definition) is 5. The number of nitrogens with two attached hydrogens (primary N) is 2. The Morgan fingerprint density at radius 3 is 2.94 bits per heavy atom. The molecule has 0 amide bonds. The molecule has 3 heterocycles. The second kappa shape index (κ2) is 2.96. The largest absolute Gasteiger partial charge is 0.396 e.